The van der Waals surface area contributed by atoms with E-state index in [1.54, 1.807) is 23.1 Å². The zero-order valence-corrected chi connectivity index (χ0v) is 14.5. The fourth-order valence-electron chi connectivity index (χ4n) is 2.02. The van der Waals surface area contributed by atoms with E-state index in [0.717, 1.165) is 26.0 Å². The topological polar surface area (TPSA) is 39.2 Å². The molecule has 0 radical (unpaired) electrons. The molecule has 0 saturated heterocycles. The number of nitrogens with zero attached hydrogens (tertiary/aromatic N) is 1. The zero-order chi connectivity index (χ0) is 15.5. The van der Waals surface area contributed by atoms with Crippen LogP contribution in [0.25, 0.3) is 21.8 Å². The Morgan fingerprint density at radius 3 is 2.73 bits per heavy atom. The highest BCUT2D eigenvalue weighted by Crippen LogP contribution is 2.39. The molecule has 3 nitrogen and oxygen atoms in total. The molecule has 112 valence electrons. The van der Waals surface area contributed by atoms with Gasteiger partial charge in [0.1, 0.15) is 9.88 Å². The summed E-state index contributed by atoms with van der Waals surface area (Å²) >= 11 is 4.67. The summed E-state index contributed by atoms with van der Waals surface area (Å²) in [6.07, 6.45) is 2.00. The molecule has 0 aliphatic rings. The molecule has 3 aromatic rings. The summed E-state index contributed by atoms with van der Waals surface area (Å²) in [5.74, 6) is -0.301. The fraction of sp³-hybridized carbons (Fsp3) is 0.125. The average molecular weight is 347 g/mol. The Labute approximate surface area is 141 Å². The lowest BCUT2D eigenvalue weighted by atomic mass is 10.2. The molecular weight excluding hydrogens is 334 g/mol. The summed E-state index contributed by atoms with van der Waals surface area (Å²) in [6.45, 7) is 0. The van der Waals surface area contributed by atoms with Crippen LogP contribution < -0.4 is 0 Å². The molecule has 0 unspecified atom stereocenters. The zero-order valence-electron chi connectivity index (χ0n) is 12.0. The molecule has 0 fully saturated rings. The van der Waals surface area contributed by atoms with Crippen molar-refractivity contribution in [3.05, 3.63) is 46.7 Å². The van der Waals surface area contributed by atoms with Gasteiger partial charge in [-0.05, 0) is 12.3 Å². The van der Waals surface area contributed by atoms with Crippen molar-refractivity contribution in [2.75, 3.05) is 13.4 Å². The van der Waals surface area contributed by atoms with Crippen molar-refractivity contribution in [1.29, 1.82) is 0 Å². The number of thiazole rings is 1. The van der Waals surface area contributed by atoms with Gasteiger partial charge >= 0.3 is 5.97 Å². The Kier molecular flexibility index (Phi) is 4.61. The van der Waals surface area contributed by atoms with Crippen molar-refractivity contribution in [3.63, 3.8) is 0 Å². The maximum Gasteiger partial charge on any atom is 0.348 e. The van der Waals surface area contributed by atoms with Crippen molar-refractivity contribution in [3.8, 4) is 21.8 Å². The van der Waals surface area contributed by atoms with Gasteiger partial charge < -0.3 is 4.74 Å². The number of rotatable bonds is 4. The van der Waals surface area contributed by atoms with Gasteiger partial charge in [-0.3, -0.25) is 0 Å². The highest BCUT2D eigenvalue weighted by Gasteiger charge is 2.18. The van der Waals surface area contributed by atoms with E-state index in [9.17, 15) is 4.79 Å². The smallest absolute Gasteiger partial charge is 0.348 e. The van der Waals surface area contributed by atoms with Crippen molar-refractivity contribution in [1.82, 2.24) is 4.98 Å². The largest absolute Gasteiger partial charge is 0.465 e. The number of esters is 1. The number of carbonyl (C=O) groups is 1. The van der Waals surface area contributed by atoms with Gasteiger partial charge in [-0.25, -0.2) is 9.78 Å². The summed E-state index contributed by atoms with van der Waals surface area (Å²) in [7, 11) is 1.40. The van der Waals surface area contributed by atoms with Crippen LogP contribution in [0.3, 0.4) is 0 Å². The van der Waals surface area contributed by atoms with Crippen LogP contribution in [0.1, 0.15) is 9.67 Å². The minimum Gasteiger partial charge on any atom is -0.465 e. The van der Waals surface area contributed by atoms with Crippen LogP contribution in [-0.2, 0) is 4.74 Å². The predicted octanol–water partition coefficient (Wildman–Crippen LogP) is 5.05. The lowest BCUT2D eigenvalue weighted by Crippen LogP contribution is -1.96. The lowest BCUT2D eigenvalue weighted by Gasteiger charge is -1.96. The molecule has 2 heterocycles. The van der Waals surface area contributed by atoms with Gasteiger partial charge in [-0.15, -0.1) is 34.4 Å². The highest BCUT2D eigenvalue weighted by molar-refractivity contribution is 8.00. The second-order valence-electron chi connectivity index (χ2n) is 4.41. The molecule has 0 aliphatic carbocycles. The third-order valence-corrected chi connectivity index (χ3v) is 6.21. The molecule has 3 rings (SSSR count). The van der Waals surface area contributed by atoms with E-state index in [1.807, 2.05) is 48.0 Å². The summed E-state index contributed by atoms with van der Waals surface area (Å²) < 4.78 is 5.88. The summed E-state index contributed by atoms with van der Waals surface area (Å²) in [5, 5.41) is 3.01. The molecule has 0 atom stereocenters. The predicted molar refractivity (Wildman–Crippen MR) is 94.0 cm³/mol. The Balaban J connectivity index is 2.00. The molecule has 6 heteroatoms. The lowest BCUT2D eigenvalue weighted by molar-refractivity contribution is 0.0606. The number of aromatic nitrogens is 1. The SMILES string of the molecule is COC(=O)c1cc(-c2csc(-c3ccccc3)n2)c(SC)s1. The number of hydrogen-bond donors (Lipinski definition) is 0. The molecule has 0 aliphatic heterocycles. The van der Waals surface area contributed by atoms with Crippen LogP contribution in [0.4, 0.5) is 0 Å². The number of ether oxygens (including phenoxy) is 1. The van der Waals surface area contributed by atoms with Gasteiger partial charge in [0.25, 0.3) is 0 Å². The third-order valence-electron chi connectivity index (χ3n) is 3.07. The number of methoxy groups -OCH3 is 1. The Bertz CT molecular complexity index is 793. The first-order valence-corrected chi connectivity index (χ1v) is 9.42. The summed E-state index contributed by atoms with van der Waals surface area (Å²) in [4.78, 5) is 17.0. The van der Waals surface area contributed by atoms with Crippen LogP contribution in [0.15, 0.2) is 46.0 Å². The maximum absolute atomic E-state index is 11.7. The number of hydrogen-bond acceptors (Lipinski definition) is 6. The number of thiophene rings is 1. The summed E-state index contributed by atoms with van der Waals surface area (Å²) in [6, 6.07) is 12.0. The van der Waals surface area contributed by atoms with Gasteiger partial charge in [0, 0.05) is 16.5 Å². The van der Waals surface area contributed by atoms with E-state index in [4.69, 9.17) is 9.72 Å². The van der Waals surface area contributed by atoms with Crippen LogP contribution in [-0.4, -0.2) is 24.3 Å². The Morgan fingerprint density at radius 1 is 1.27 bits per heavy atom. The molecule has 2 aromatic heterocycles. The molecule has 0 bridgehead atoms. The van der Waals surface area contributed by atoms with Crippen LogP contribution in [0.2, 0.25) is 0 Å². The van der Waals surface area contributed by atoms with E-state index in [1.165, 1.54) is 18.4 Å². The Morgan fingerprint density at radius 2 is 2.05 bits per heavy atom. The van der Waals surface area contributed by atoms with Crippen molar-refractivity contribution < 1.29 is 9.53 Å². The standard InChI is InChI=1S/C16H13NO2S3/c1-19-15(18)13-8-11(16(20-2)22-13)12-9-21-14(17-12)10-6-4-3-5-7-10/h3-9H,1-2H3. The minimum atomic E-state index is -0.301. The fourth-order valence-corrected chi connectivity index (χ4v) is 4.65. The monoisotopic (exact) mass is 347 g/mol. The van der Waals surface area contributed by atoms with E-state index in [0.29, 0.717) is 4.88 Å². The van der Waals surface area contributed by atoms with Crippen LogP contribution in [0.5, 0.6) is 0 Å². The van der Waals surface area contributed by atoms with Gasteiger partial charge in [0.05, 0.1) is 17.0 Å². The van der Waals surface area contributed by atoms with Gasteiger partial charge in [-0.1, -0.05) is 30.3 Å². The molecule has 1 aromatic carbocycles. The molecule has 0 saturated carbocycles. The molecule has 22 heavy (non-hydrogen) atoms. The molecule has 0 amide bonds. The minimum absolute atomic E-state index is 0.301. The van der Waals surface area contributed by atoms with Crippen molar-refractivity contribution in [2.45, 2.75) is 4.21 Å². The second-order valence-corrected chi connectivity index (χ2v) is 7.40. The Hall–Kier alpha value is -1.63. The van der Waals surface area contributed by atoms with E-state index in [-0.39, 0.29) is 5.97 Å². The maximum atomic E-state index is 11.7. The second kappa shape index (κ2) is 6.64. The summed E-state index contributed by atoms with van der Waals surface area (Å²) in [5.41, 5.74) is 3.00. The molecule has 0 spiro atoms. The first kappa shape index (κ1) is 15.3. The molecule has 0 N–H and O–H groups in total. The first-order chi connectivity index (χ1) is 10.7. The van der Waals surface area contributed by atoms with Crippen LogP contribution >= 0.6 is 34.4 Å². The quantitative estimate of drug-likeness (QED) is 0.489. The number of benzene rings is 1. The van der Waals surface area contributed by atoms with E-state index < -0.39 is 0 Å². The number of thioether (sulfide) groups is 1. The van der Waals surface area contributed by atoms with Gasteiger partial charge in [-0.2, -0.15) is 0 Å². The highest BCUT2D eigenvalue weighted by atomic mass is 32.2. The third kappa shape index (κ3) is 2.95. The number of carbonyl (C=O) groups excluding carboxylic acids is 1. The van der Waals surface area contributed by atoms with E-state index in [2.05, 4.69) is 0 Å². The van der Waals surface area contributed by atoms with Gasteiger partial charge in [0.2, 0.25) is 0 Å². The van der Waals surface area contributed by atoms with Gasteiger partial charge in [0.15, 0.2) is 0 Å². The van der Waals surface area contributed by atoms with Crippen LogP contribution in [0, 0.1) is 0 Å². The molecular formula is C16H13NO2S3. The first-order valence-electron chi connectivity index (χ1n) is 6.50. The van der Waals surface area contributed by atoms with E-state index >= 15 is 0 Å². The average Bonchev–Trinajstić information content (AvgIpc) is 3.21. The van der Waals surface area contributed by atoms with Crippen molar-refractivity contribution in [2.24, 2.45) is 0 Å². The van der Waals surface area contributed by atoms with Crippen molar-refractivity contribution >= 4 is 40.4 Å². The normalized spacial score (nSPS) is 10.6.